The van der Waals surface area contributed by atoms with Crippen LogP contribution in [0.15, 0.2) is 15.7 Å². The fourth-order valence-electron chi connectivity index (χ4n) is 1.43. The first-order valence-electron chi connectivity index (χ1n) is 5.82. The molecule has 0 saturated heterocycles. The van der Waals surface area contributed by atoms with Crippen LogP contribution in [0.3, 0.4) is 0 Å². The second-order valence-electron chi connectivity index (χ2n) is 3.88. The predicted molar refractivity (Wildman–Crippen MR) is 88.3 cm³/mol. The zero-order valence-corrected chi connectivity index (χ0v) is 14.7. The fraction of sp³-hybridized carbons (Fsp3) is 0.455. The van der Waals surface area contributed by atoms with E-state index in [4.69, 9.17) is 4.52 Å². The number of guanidine groups is 1. The molecule has 0 amide bonds. The molecular weight excluding hydrogens is 391 g/mol. The van der Waals surface area contributed by atoms with Gasteiger partial charge in [-0.05, 0) is 13.8 Å². The molecule has 20 heavy (non-hydrogen) atoms. The van der Waals surface area contributed by atoms with Gasteiger partial charge >= 0.3 is 0 Å². The van der Waals surface area contributed by atoms with E-state index in [9.17, 15) is 0 Å². The van der Waals surface area contributed by atoms with Crippen molar-refractivity contribution in [1.82, 2.24) is 25.8 Å². The van der Waals surface area contributed by atoms with Crippen molar-refractivity contribution >= 4 is 41.3 Å². The van der Waals surface area contributed by atoms with E-state index >= 15 is 0 Å². The Labute approximate surface area is 138 Å². The minimum Gasteiger partial charge on any atom is -0.350 e. The summed E-state index contributed by atoms with van der Waals surface area (Å²) >= 11 is 1.66. The third-order valence-electron chi connectivity index (χ3n) is 2.28. The molecule has 0 aliphatic heterocycles. The molecule has 0 aromatic carbocycles. The Morgan fingerprint density at radius 3 is 2.65 bits per heavy atom. The number of nitrogens with one attached hydrogen (secondary N) is 2. The van der Waals surface area contributed by atoms with Crippen molar-refractivity contribution in [2.45, 2.75) is 26.9 Å². The highest BCUT2D eigenvalue weighted by Gasteiger charge is 2.05. The number of rotatable bonds is 4. The first-order chi connectivity index (χ1) is 9.17. The number of halogens is 1. The lowest BCUT2D eigenvalue weighted by atomic mass is 10.6. The number of hydrogen-bond acceptors (Lipinski definition) is 6. The van der Waals surface area contributed by atoms with Crippen LogP contribution in [-0.4, -0.2) is 28.1 Å². The van der Waals surface area contributed by atoms with Crippen LogP contribution in [0.25, 0.3) is 0 Å². The quantitative estimate of drug-likeness (QED) is 0.454. The minimum atomic E-state index is 0. The van der Waals surface area contributed by atoms with Gasteiger partial charge in [-0.15, -0.1) is 35.3 Å². The van der Waals surface area contributed by atoms with Gasteiger partial charge in [-0.3, -0.25) is 4.99 Å². The Morgan fingerprint density at radius 1 is 1.35 bits per heavy atom. The molecule has 0 aliphatic carbocycles. The van der Waals surface area contributed by atoms with Crippen molar-refractivity contribution in [2.24, 2.45) is 4.99 Å². The summed E-state index contributed by atoms with van der Waals surface area (Å²) in [7, 11) is 1.71. The topological polar surface area (TPSA) is 88.2 Å². The normalized spacial score (nSPS) is 11.1. The number of aryl methyl sites for hydroxylation is 2. The van der Waals surface area contributed by atoms with Crippen LogP contribution in [0.5, 0.6) is 0 Å². The molecular formula is C11H17IN6OS. The molecule has 2 aromatic rings. The molecule has 110 valence electrons. The van der Waals surface area contributed by atoms with Gasteiger partial charge in [0.25, 0.3) is 0 Å². The van der Waals surface area contributed by atoms with Crippen LogP contribution >= 0.6 is 35.3 Å². The second-order valence-corrected chi connectivity index (χ2v) is 5.20. The lowest BCUT2D eigenvalue weighted by Crippen LogP contribution is -2.36. The zero-order chi connectivity index (χ0) is 13.7. The molecule has 0 atom stereocenters. The third-order valence-corrected chi connectivity index (χ3v) is 3.19. The lowest BCUT2D eigenvalue weighted by Gasteiger charge is -2.08. The highest BCUT2D eigenvalue weighted by molar-refractivity contribution is 14.0. The number of aromatic nitrogens is 3. The Hall–Kier alpha value is -1.23. The van der Waals surface area contributed by atoms with E-state index in [2.05, 4.69) is 30.8 Å². The first kappa shape index (κ1) is 16.8. The van der Waals surface area contributed by atoms with Crippen LogP contribution < -0.4 is 10.6 Å². The van der Waals surface area contributed by atoms with E-state index in [1.807, 2.05) is 13.1 Å². The number of hydrogen-bond donors (Lipinski definition) is 2. The molecule has 9 heteroatoms. The van der Waals surface area contributed by atoms with E-state index in [1.165, 1.54) is 4.88 Å². The van der Waals surface area contributed by atoms with Crippen molar-refractivity contribution < 1.29 is 4.52 Å². The van der Waals surface area contributed by atoms with E-state index in [-0.39, 0.29) is 24.0 Å². The molecule has 2 aromatic heterocycles. The fourth-order valence-corrected chi connectivity index (χ4v) is 2.16. The maximum Gasteiger partial charge on any atom is 0.246 e. The molecule has 0 radical (unpaired) electrons. The Bertz CT molecular complexity index is 521. The summed E-state index contributed by atoms with van der Waals surface area (Å²) in [4.78, 5) is 13.7. The molecule has 0 saturated carbocycles. The van der Waals surface area contributed by atoms with Crippen molar-refractivity contribution in [3.63, 3.8) is 0 Å². The number of aliphatic imine (C=N–C) groups is 1. The molecule has 2 N–H and O–H groups in total. The third kappa shape index (κ3) is 5.04. The summed E-state index contributed by atoms with van der Waals surface area (Å²) in [6.07, 6.45) is 1.86. The largest absolute Gasteiger partial charge is 0.350 e. The van der Waals surface area contributed by atoms with Gasteiger partial charge < -0.3 is 15.2 Å². The zero-order valence-electron chi connectivity index (χ0n) is 11.5. The lowest BCUT2D eigenvalue weighted by molar-refractivity contribution is 0.371. The Kier molecular flexibility index (Phi) is 6.85. The van der Waals surface area contributed by atoms with E-state index in [0.29, 0.717) is 30.8 Å². The monoisotopic (exact) mass is 408 g/mol. The van der Waals surface area contributed by atoms with Crippen molar-refractivity contribution in [1.29, 1.82) is 0 Å². The van der Waals surface area contributed by atoms with E-state index in [0.717, 1.165) is 5.01 Å². The van der Waals surface area contributed by atoms with Gasteiger partial charge in [0.1, 0.15) is 5.01 Å². The molecule has 2 heterocycles. The average molecular weight is 408 g/mol. The van der Waals surface area contributed by atoms with E-state index < -0.39 is 0 Å². The van der Waals surface area contributed by atoms with Crippen LogP contribution in [0.4, 0.5) is 0 Å². The SMILES string of the molecule is CN=C(NCc1nc(C)no1)NCc1ncc(C)s1.I. The van der Waals surface area contributed by atoms with Gasteiger partial charge in [-0.1, -0.05) is 5.16 Å². The van der Waals surface area contributed by atoms with Crippen LogP contribution in [0, 0.1) is 13.8 Å². The summed E-state index contributed by atoms with van der Waals surface area (Å²) < 4.78 is 5.01. The smallest absolute Gasteiger partial charge is 0.246 e. The maximum absolute atomic E-state index is 5.01. The van der Waals surface area contributed by atoms with Crippen molar-refractivity contribution in [2.75, 3.05) is 7.05 Å². The molecule has 0 bridgehead atoms. The van der Waals surface area contributed by atoms with Crippen molar-refractivity contribution in [3.8, 4) is 0 Å². The standard InChI is InChI=1S/C11H16N6OS.HI/c1-7-4-13-10(19-7)6-15-11(12-3)14-5-9-16-8(2)17-18-9;/h4H,5-6H2,1-3H3,(H2,12,14,15);1H. The summed E-state index contributed by atoms with van der Waals surface area (Å²) in [6, 6.07) is 0. The molecule has 0 aliphatic rings. The van der Waals surface area contributed by atoms with Gasteiger partial charge in [-0.25, -0.2) is 4.98 Å². The van der Waals surface area contributed by atoms with E-state index in [1.54, 1.807) is 25.3 Å². The number of nitrogens with zero attached hydrogens (tertiary/aromatic N) is 4. The highest BCUT2D eigenvalue weighted by Crippen LogP contribution is 2.10. The van der Waals surface area contributed by atoms with Crippen LogP contribution in [-0.2, 0) is 13.1 Å². The summed E-state index contributed by atoms with van der Waals surface area (Å²) in [6.45, 7) is 4.90. The predicted octanol–water partition coefficient (Wildman–Crippen LogP) is 1.63. The summed E-state index contributed by atoms with van der Waals surface area (Å²) in [5.41, 5.74) is 0. The Morgan fingerprint density at radius 2 is 2.10 bits per heavy atom. The Balaban J connectivity index is 0.00000200. The molecule has 7 nitrogen and oxygen atoms in total. The van der Waals surface area contributed by atoms with Gasteiger partial charge in [-0.2, -0.15) is 4.98 Å². The van der Waals surface area contributed by atoms with Gasteiger partial charge in [0.05, 0.1) is 13.1 Å². The molecule has 0 spiro atoms. The first-order valence-corrected chi connectivity index (χ1v) is 6.64. The molecule has 2 rings (SSSR count). The van der Waals surface area contributed by atoms with Crippen molar-refractivity contribution in [3.05, 3.63) is 27.8 Å². The molecule has 0 fully saturated rings. The van der Waals surface area contributed by atoms with Crippen LogP contribution in [0.1, 0.15) is 21.6 Å². The van der Waals surface area contributed by atoms with Gasteiger partial charge in [0.15, 0.2) is 11.8 Å². The summed E-state index contributed by atoms with van der Waals surface area (Å²) in [5.74, 6) is 1.83. The van der Waals surface area contributed by atoms with Crippen LogP contribution in [0.2, 0.25) is 0 Å². The van der Waals surface area contributed by atoms with Gasteiger partial charge in [0.2, 0.25) is 5.89 Å². The van der Waals surface area contributed by atoms with Gasteiger partial charge in [0, 0.05) is 18.1 Å². The second kappa shape index (κ2) is 8.15. The molecule has 0 unspecified atom stereocenters. The minimum absolute atomic E-state index is 0. The maximum atomic E-state index is 5.01. The average Bonchev–Trinajstić information content (AvgIpc) is 2.99. The number of thiazole rings is 1. The highest BCUT2D eigenvalue weighted by atomic mass is 127. The summed E-state index contributed by atoms with van der Waals surface area (Å²) in [5, 5.41) is 11.0.